The van der Waals surface area contributed by atoms with Crippen LogP contribution in [0.3, 0.4) is 0 Å². The summed E-state index contributed by atoms with van der Waals surface area (Å²) in [5.74, 6) is -0.875. The Morgan fingerprint density at radius 2 is 2.00 bits per heavy atom. The molecule has 1 aromatic heterocycles. The van der Waals surface area contributed by atoms with Crippen LogP contribution in [-0.4, -0.2) is 35.1 Å². The van der Waals surface area contributed by atoms with Crippen molar-refractivity contribution in [3.63, 3.8) is 0 Å². The Bertz CT molecular complexity index is 496. The molecule has 2 rings (SSSR count). The van der Waals surface area contributed by atoms with Crippen molar-refractivity contribution in [2.24, 2.45) is 0 Å². The number of alkyl halides is 3. The monoisotopic (exact) mass is 304 g/mol. The number of aromatic nitrogens is 1. The van der Waals surface area contributed by atoms with E-state index in [1.807, 2.05) is 0 Å². The zero-order valence-electron chi connectivity index (χ0n) is 11.4. The highest BCUT2D eigenvalue weighted by Crippen LogP contribution is 2.30. The van der Waals surface area contributed by atoms with E-state index in [1.165, 1.54) is 11.1 Å². The number of pyridine rings is 1. The largest absolute Gasteiger partial charge is 0.389 e. The maximum atomic E-state index is 13.6. The molecule has 1 saturated heterocycles. The van der Waals surface area contributed by atoms with Crippen molar-refractivity contribution in [3.05, 3.63) is 29.8 Å². The molecule has 0 N–H and O–H groups in total. The van der Waals surface area contributed by atoms with Crippen molar-refractivity contribution >= 4 is 5.91 Å². The van der Waals surface area contributed by atoms with Gasteiger partial charge >= 0.3 is 6.18 Å². The quantitative estimate of drug-likeness (QED) is 0.803. The van der Waals surface area contributed by atoms with E-state index in [1.54, 1.807) is 6.07 Å². The summed E-state index contributed by atoms with van der Waals surface area (Å²) in [4.78, 5) is 16.8. The zero-order chi connectivity index (χ0) is 15.5. The number of nitrogens with zero attached hydrogens (tertiary/aromatic N) is 2. The van der Waals surface area contributed by atoms with Gasteiger partial charge in [0.25, 0.3) is 0 Å². The van der Waals surface area contributed by atoms with Crippen LogP contribution >= 0.6 is 0 Å². The molecule has 21 heavy (non-hydrogen) atoms. The van der Waals surface area contributed by atoms with E-state index in [4.69, 9.17) is 0 Å². The highest BCUT2D eigenvalue weighted by atomic mass is 19.4. The van der Waals surface area contributed by atoms with Crippen LogP contribution in [0.15, 0.2) is 18.5 Å². The molecule has 0 aromatic carbocycles. The van der Waals surface area contributed by atoms with E-state index in [9.17, 15) is 22.4 Å². The molecule has 1 fully saturated rings. The molecule has 0 unspecified atom stereocenters. The summed E-state index contributed by atoms with van der Waals surface area (Å²) >= 11 is 0. The van der Waals surface area contributed by atoms with Gasteiger partial charge in [-0.15, -0.1) is 0 Å². The Kier molecular flexibility index (Phi) is 4.80. The number of carbonyl (C=O) groups excluding carboxylic acids is 1. The fourth-order valence-corrected chi connectivity index (χ4v) is 2.56. The molecule has 0 aliphatic carbocycles. The normalized spacial score (nSPS) is 17.0. The first kappa shape index (κ1) is 15.7. The van der Waals surface area contributed by atoms with Gasteiger partial charge in [-0.25, -0.2) is 4.39 Å². The summed E-state index contributed by atoms with van der Waals surface area (Å²) < 4.78 is 49.9. The predicted molar refractivity (Wildman–Crippen MR) is 68.0 cm³/mol. The summed E-state index contributed by atoms with van der Waals surface area (Å²) in [6.07, 6.45) is -2.15. The maximum absolute atomic E-state index is 13.6. The van der Waals surface area contributed by atoms with Crippen molar-refractivity contribution in [2.45, 2.75) is 37.8 Å². The van der Waals surface area contributed by atoms with Gasteiger partial charge in [-0.2, -0.15) is 13.2 Å². The fourth-order valence-electron chi connectivity index (χ4n) is 2.56. The first-order chi connectivity index (χ1) is 9.87. The van der Waals surface area contributed by atoms with Crippen LogP contribution in [0.2, 0.25) is 0 Å². The number of amides is 1. The van der Waals surface area contributed by atoms with Gasteiger partial charge < -0.3 is 4.90 Å². The van der Waals surface area contributed by atoms with Crippen molar-refractivity contribution in [3.8, 4) is 0 Å². The summed E-state index contributed by atoms with van der Waals surface area (Å²) in [5, 5.41) is 0. The van der Waals surface area contributed by atoms with Crippen LogP contribution in [-0.2, 0) is 4.79 Å². The summed E-state index contributed by atoms with van der Waals surface area (Å²) in [7, 11) is 0. The molecule has 7 heteroatoms. The van der Waals surface area contributed by atoms with E-state index >= 15 is 0 Å². The SMILES string of the molecule is O=C(CCC(F)(F)F)N1CCC(c2ccncc2F)CC1. The minimum atomic E-state index is -4.31. The van der Waals surface area contributed by atoms with E-state index in [0.717, 1.165) is 6.20 Å². The second kappa shape index (κ2) is 6.41. The lowest BCUT2D eigenvalue weighted by Gasteiger charge is -2.32. The Morgan fingerprint density at radius 3 is 2.57 bits per heavy atom. The van der Waals surface area contributed by atoms with Crippen LogP contribution in [0.1, 0.15) is 37.2 Å². The van der Waals surface area contributed by atoms with Crippen molar-refractivity contribution < 1.29 is 22.4 Å². The second-order valence-corrected chi connectivity index (χ2v) is 5.17. The van der Waals surface area contributed by atoms with Gasteiger partial charge in [-0.1, -0.05) is 0 Å². The van der Waals surface area contributed by atoms with E-state index < -0.39 is 24.9 Å². The number of piperidine rings is 1. The van der Waals surface area contributed by atoms with Crippen molar-refractivity contribution in [2.75, 3.05) is 13.1 Å². The molecule has 1 aromatic rings. The van der Waals surface area contributed by atoms with Crippen LogP contribution in [0.4, 0.5) is 17.6 Å². The first-order valence-electron chi connectivity index (χ1n) is 6.81. The van der Waals surface area contributed by atoms with Crippen molar-refractivity contribution in [1.29, 1.82) is 0 Å². The Morgan fingerprint density at radius 1 is 1.33 bits per heavy atom. The van der Waals surface area contributed by atoms with E-state index in [-0.39, 0.29) is 11.7 Å². The molecule has 0 atom stereocenters. The number of likely N-dealkylation sites (tertiary alicyclic amines) is 1. The van der Waals surface area contributed by atoms with Gasteiger partial charge in [0.05, 0.1) is 12.6 Å². The molecule has 1 amide bonds. The average molecular weight is 304 g/mol. The first-order valence-corrected chi connectivity index (χ1v) is 6.81. The third-order valence-corrected chi connectivity index (χ3v) is 3.71. The number of halogens is 4. The number of hydrogen-bond acceptors (Lipinski definition) is 2. The molecule has 1 aliphatic heterocycles. The van der Waals surface area contributed by atoms with Crippen LogP contribution in [0.25, 0.3) is 0 Å². The van der Waals surface area contributed by atoms with Gasteiger partial charge in [0.2, 0.25) is 5.91 Å². The lowest BCUT2D eigenvalue weighted by Crippen LogP contribution is -2.38. The molecular weight excluding hydrogens is 288 g/mol. The molecular formula is C14H16F4N2O. The van der Waals surface area contributed by atoms with Gasteiger partial charge in [0, 0.05) is 25.7 Å². The van der Waals surface area contributed by atoms with Gasteiger partial charge in [-0.05, 0) is 30.4 Å². The Balaban J connectivity index is 1.86. The molecule has 1 aliphatic rings. The maximum Gasteiger partial charge on any atom is 0.389 e. The predicted octanol–water partition coefficient (Wildman–Crippen LogP) is 3.27. The van der Waals surface area contributed by atoms with Crippen LogP contribution < -0.4 is 0 Å². The number of rotatable bonds is 3. The molecule has 0 spiro atoms. The smallest absolute Gasteiger partial charge is 0.343 e. The molecule has 3 nitrogen and oxygen atoms in total. The number of carbonyl (C=O) groups is 1. The highest BCUT2D eigenvalue weighted by Gasteiger charge is 2.30. The molecule has 116 valence electrons. The second-order valence-electron chi connectivity index (χ2n) is 5.17. The summed E-state index contributed by atoms with van der Waals surface area (Å²) in [6, 6.07) is 1.61. The van der Waals surface area contributed by atoms with Gasteiger partial charge in [0.15, 0.2) is 0 Å². The minimum absolute atomic E-state index is 0.0142. The summed E-state index contributed by atoms with van der Waals surface area (Å²) in [6.45, 7) is 0.728. The van der Waals surface area contributed by atoms with Crippen LogP contribution in [0.5, 0.6) is 0 Å². The Hall–Kier alpha value is -1.66. The number of hydrogen-bond donors (Lipinski definition) is 0. The lowest BCUT2D eigenvalue weighted by atomic mass is 9.89. The third-order valence-electron chi connectivity index (χ3n) is 3.71. The minimum Gasteiger partial charge on any atom is -0.343 e. The van der Waals surface area contributed by atoms with Gasteiger partial charge in [-0.3, -0.25) is 9.78 Å². The Labute approximate surface area is 120 Å². The standard InChI is InChI=1S/C14H16F4N2O/c15-12-9-19-6-2-11(12)10-3-7-20(8-4-10)13(21)1-5-14(16,17)18/h2,6,9-10H,1,3-5,7-8H2. The fraction of sp³-hybridized carbons (Fsp3) is 0.571. The molecule has 2 heterocycles. The topological polar surface area (TPSA) is 33.2 Å². The van der Waals surface area contributed by atoms with E-state index in [0.29, 0.717) is 31.5 Å². The molecule has 0 saturated carbocycles. The van der Waals surface area contributed by atoms with E-state index in [2.05, 4.69) is 4.98 Å². The summed E-state index contributed by atoms with van der Waals surface area (Å²) in [5.41, 5.74) is 0.562. The average Bonchev–Trinajstić information content (AvgIpc) is 2.45. The zero-order valence-corrected chi connectivity index (χ0v) is 11.4. The molecule has 0 bridgehead atoms. The lowest BCUT2D eigenvalue weighted by molar-refractivity contribution is -0.149. The van der Waals surface area contributed by atoms with Crippen molar-refractivity contribution in [1.82, 2.24) is 9.88 Å². The third kappa shape index (κ3) is 4.41. The molecule has 0 radical (unpaired) electrons. The highest BCUT2D eigenvalue weighted by molar-refractivity contribution is 5.76. The van der Waals surface area contributed by atoms with Crippen LogP contribution in [0, 0.1) is 5.82 Å². The van der Waals surface area contributed by atoms with Gasteiger partial charge in [0.1, 0.15) is 5.82 Å².